The fourth-order valence-corrected chi connectivity index (χ4v) is 3.75. The fraction of sp³-hybridized carbons (Fsp3) is 0.562. The van der Waals surface area contributed by atoms with Gasteiger partial charge >= 0.3 is 5.88 Å². The molecule has 2 aliphatic rings. The molecule has 0 radical (unpaired) electrons. The van der Waals surface area contributed by atoms with Crippen LogP contribution < -0.4 is 5.73 Å². The highest BCUT2D eigenvalue weighted by atomic mass is 16.6. The Morgan fingerprint density at radius 1 is 1.35 bits per heavy atom. The SMILES string of the molecule is NC1(c2noc(C3CCCN3C(=O)c3ccc([N+](=O)[O-])o3)n2)CCCC1. The van der Waals surface area contributed by atoms with Crippen molar-refractivity contribution in [2.75, 3.05) is 6.54 Å². The molecule has 10 nitrogen and oxygen atoms in total. The largest absolute Gasteiger partial charge is 0.433 e. The predicted molar refractivity (Wildman–Crippen MR) is 87.0 cm³/mol. The fourth-order valence-electron chi connectivity index (χ4n) is 3.75. The number of likely N-dealkylation sites (tertiary alicyclic amines) is 1. The van der Waals surface area contributed by atoms with E-state index in [1.54, 1.807) is 4.90 Å². The van der Waals surface area contributed by atoms with Crippen LogP contribution in [-0.2, 0) is 5.54 Å². The number of carbonyl (C=O) groups is 1. The van der Waals surface area contributed by atoms with E-state index in [9.17, 15) is 14.9 Å². The molecule has 26 heavy (non-hydrogen) atoms. The van der Waals surface area contributed by atoms with Crippen molar-refractivity contribution in [2.24, 2.45) is 5.73 Å². The average molecular weight is 361 g/mol. The van der Waals surface area contributed by atoms with Crippen molar-refractivity contribution in [2.45, 2.75) is 50.1 Å². The molecule has 1 aliphatic heterocycles. The summed E-state index contributed by atoms with van der Waals surface area (Å²) in [5, 5.41) is 14.8. The molecular weight excluding hydrogens is 342 g/mol. The number of hydrogen-bond acceptors (Lipinski definition) is 8. The smallest absolute Gasteiger partial charge is 0.395 e. The number of hydrogen-bond donors (Lipinski definition) is 1. The molecule has 1 aliphatic carbocycles. The maximum absolute atomic E-state index is 12.7. The topological polar surface area (TPSA) is 142 Å². The summed E-state index contributed by atoms with van der Waals surface area (Å²) >= 11 is 0. The Morgan fingerprint density at radius 2 is 2.12 bits per heavy atom. The minimum absolute atomic E-state index is 0.0746. The van der Waals surface area contributed by atoms with Crippen LogP contribution in [0.4, 0.5) is 5.88 Å². The quantitative estimate of drug-likeness (QED) is 0.645. The summed E-state index contributed by atoms with van der Waals surface area (Å²) in [6, 6.07) is 2.10. The lowest BCUT2D eigenvalue weighted by atomic mass is 9.98. The molecule has 10 heteroatoms. The normalized spacial score (nSPS) is 22.0. The van der Waals surface area contributed by atoms with Gasteiger partial charge in [0.15, 0.2) is 11.6 Å². The Bertz CT molecular complexity index is 838. The van der Waals surface area contributed by atoms with E-state index >= 15 is 0 Å². The molecule has 1 saturated heterocycles. The molecule has 1 atom stereocenters. The maximum atomic E-state index is 12.7. The van der Waals surface area contributed by atoms with Crippen LogP contribution in [0.2, 0.25) is 0 Å². The highest BCUT2D eigenvalue weighted by Crippen LogP contribution is 2.37. The Morgan fingerprint density at radius 3 is 2.81 bits per heavy atom. The second-order valence-electron chi connectivity index (χ2n) is 6.87. The predicted octanol–water partition coefficient (Wildman–Crippen LogP) is 2.28. The Kier molecular flexibility index (Phi) is 3.98. The summed E-state index contributed by atoms with van der Waals surface area (Å²) in [5.74, 6) is -0.129. The van der Waals surface area contributed by atoms with E-state index < -0.39 is 22.3 Å². The van der Waals surface area contributed by atoms with Gasteiger partial charge in [-0.05, 0) is 31.7 Å². The standard InChI is InChI=1S/C16H19N5O5/c17-16(7-1-2-8-16)15-18-13(26-19-15)10-4-3-9-20(10)14(22)11-5-6-12(25-11)21(23)24/h5-6,10H,1-4,7-9,17H2. The number of nitro groups is 1. The maximum Gasteiger partial charge on any atom is 0.433 e. The number of nitrogens with two attached hydrogens (primary N) is 1. The van der Waals surface area contributed by atoms with Gasteiger partial charge in [-0.15, -0.1) is 0 Å². The van der Waals surface area contributed by atoms with Crippen molar-refractivity contribution in [1.29, 1.82) is 0 Å². The van der Waals surface area contributed by atoms with E-state index in [2.05, 4.69) is 10.1 Å². The van der Waals surface area contributed by atoms with Crippen molar-refractivity contribution >= 4 is 11.8 Å². The summed E-state index contributed by atoms with van der Waals surface area (Å²) in [6.07, 6.45) is 5.14. The molecule has 3 heterocycles. The summed E-state index contributed by atoms with van der Waals surface area (Å²) < 4.78 is 10.4. The highest BCUT2D eigenvalue weighted by Gasteiger charge is 2.40. The number of nitrogens with zero attached hydrogens (tertiary/aromatic N) is 4. The van der Waals surface area contributed by atoms with Gasteiger partial charge in [0.2, 0.25) is 5.89 Å². The molecule has 0 spiro atoms. The molecule has 4 rings (SSSR count). The number of rotatable bonds is 4. The first kappa shape index (κ1) is 16.7. The second-order valence-corrected chi connectivity index (χ2v) is 6.87. The molecular formula is C16H19N5O5. The molecule has 1 amide bonds. The van der Waals surface area contributed by atoms with Gasteiger partial charge in [-0.3, -0.25) is 14.9 Å². The third kappa shape index (κ3) is 2.75. The van der Waals surface area contributed by atoms with Crippen molar-refractivity contribution in [3.8, 4) is 0 Å². The molecule has 2 fully saturated rings. The lowest BCUT2D eigenvalue weighted by molar-refractivity contribution is -0.402. The molecule has 0 bridgehead atoms. The Labute approximate surface area is 148 Å². The number of amides is 1. The van der Waals surface area contributed by atoms with Crippen molar-refractivity contribution in [3.63, 3.8) is 0 Å². The van der Waals surface area contributed by atoms with E-state index in [0.29, 0.717) is 24.7 Å². The summed E-state index contributed by atoms with van der Waals surface area (Å²) in [4.78, 5) is 28.8. The molecule has 2 aromatic heterocycles. The highest BCUT2D eigenvalue weighted by molar-refractivity contribution is 5.92. The molecule has 2 N–H and O–H groups in total. The molecule has 1 unspecified atom stereocenters. The Hall–Kier alpha value is -2.75. The molecule has 138 valence electrons. The number of furan rings is 1. The zero-order chi connectivity index (χ0) is 18.3. The van der Waals surface area contributed by atoms with E-state index in [4.69, 9.17) is 14.7 Å². The first-order chi connectivity index (χ1) is 12.5. The van der Waals surface area contributed by atoms with Gasteiger partial charge in [0.05, 0.1) is 11.6 Å². The van der Waals surface area contributed by atoms with Crippen LogP contribution >= 0.6 is 0 Å². The molecule has 0 aromatic carbocycles. The third-order valence-corrected chi connectivity index (χ3v) is 5.16. The number of aromatic nitrogens is 2. The summed E-state index contributed by atoms with van der Waals surface area (Å²) in [7, 11) is 0. The lowest BCUT2D eigenvalue weighted by Gasteiger charge is -2.21. The summed E-state index contributed by atoms with van der Waals surface area (Å²) in [5.41, 5.74) is 5.81. The minimum Gasteiger partial charge on any atom is -0.395 e. The first-order valence-electron chi connectivity index (χ1n) is 8.66. The molecule has 1 saturated carbocycles. The van der Waals surface area contributed by atoms with Gasteiger partial charge in [0, 0.05) is 6.54 Å². The van der Waals surface area contributed by atoms with E-state index in [1.165, 1.54) is 12.1 Å². The second kappa shape index (κ2) is 6.20. The van der Waals surface area contributed by atoms with Crippen LogP contribution in [0.5, 0.6) is 0 Å². The van der Waals surface area contributed by atoms with Gasteiger partial charge in [-0.2, -0.15) is 4.98 Å². The first-order valence-corrected chi connectivity index (χ1v) is 8.66. The van der Waals surface area contributed by atoms with Crippen LogP contribution in [0.1, 0.15) is 66.8 Å². The van der Waals surface area contributed by atoms with Crippen LogP contribution in [0.25, 0.3) is 0 Å². The van der Waals surface area contributed by atoms with E-state index in [1.807, 2.05) is 0 Å². The van der Waals surface area contributed by atoms with Gasteiger partial charge in [0.25, 0.3) is 5.91 Å². The van der Waals surface area contributed by atoms with Crippen molar-refractivity contribution in [3.05, 3.63) is 39.7 Å². The van der Waals surface area contributed by atoms with Crippen LogP contribution in [0.3, 0.4) is 0 Å². The average Bonchev–Trinajstić information content (AvgIpc) is 3.37. The zero-order valence-corrected chi connectivity index (χ0v) is 14.1. The van der Waals surface area contributed by atoms with E-state index in [0.717, 1.165) is 32.1 Å². The minimum atomic E-state index is -0.676. The zero-order valence-electron chi connectivity index (χ0n) is 14.1. The number of carbonyl (C=O) groups excluding carboxylic acids is 1. The van der Waals surface area contributed by atoms with Crippen LogP contribution in [-0.4, -0.2) is 32.4 Å². The van der Waals surface area contributed by atoms with E-state index in [-0.39, 0.29) is 11.8 Å². The van der Waals surface area contributed by atoms with Gasteiger partial charge in [-0.25, -0.2) is 0 Å². The Balaban J connectivity index is 1.55. The van der Waals surface area contributed by atoms with Gasteiger partial charge in [0.1, 0.15) is 11.0 Å². The van der Waals surface area contributed by atoms with Gasteiger partial charge < -0.3 is 19.6 Å². The molecule has 2 aromatic rings. The lowest BCUT2D eigenvalue weighted by Crippen LogP contribution is -2.34. The monoisotopic (exact) mass is 361 g/mol. The third-order valence-electron chi connectivity index (χ3n) is 5.16. The van der Waals surface area contributed by atoms with Crippen molar-refractivity contribution in [1.82, 2.24) is 15.0 Å². The van der Waals surface area contributed by atoms with Crippen LogP contribution in [0, 0.1) is 10.1 Å². The van der Waals surface area contributed by atoms with Gasteiger partial charge in [-0.1, -0.05) is 18.0 Å². The summed E-state index contributed by atoms with van der Waals surface area (Å²) in [6.45, 7) is 0.490. The van der Waals surface area contributed by atoms with Crippen LogP contribution in [0.15, 0.2) is 21.1 Å². The van der Waals surface area contributed by atoms with Crippen molar-refractivity contribution < 1.29 is 18.7 Å².